The fourth-order valence-corrected chi connectivity index (χ4v) is 5.58. The molecule has 198 valence electrons. The van der Waals surface area contributed by atoms with Gasteiger partial charge in [0.05, 0.1) is 23.7 Å². The van der Waals surface area contributed by atoms with Crippen molar-refractivity contribution in [3.8, 4) is 22.7 Å². The van der Waals surface area contributed by atoms with Crippen molar-refractivity contribution in [3.05, 3.63) is 107 Å². The highest BCUT2D eigenvalue weighted by molar-refractivity contribution is 8.26. The van der Waals surface area contributed by atoms with Crippen LogP contribution in [-0.2, 0) is 11.3 Å². The van der Waals surface area contributed by atoms with E-state index in [4.69, 9.17) is 22.1 Å². The lowest BCUT2D eigenvalue weighted by Crippen LogP contribution is -2.27. The molecule has 0 N–H and O–H groups in total. The second kappa shape index (κ2) is 12.0. The number of carbonyl (C=O) groups excluding carboxylic acids is 1. The summed E-state index contributed by atoms with van der Waals surface area (Å²) in [6.45, 7) is 7.59. The van der Waals surface area contributed by atoms with Crippen LogP contribution < -0.4 is 4.74 Å². The fraction of sp³-hybridized carbons (Fsp3) is 0.219. The van der Waals surface area contributed by atoms with Gasteiger partial charge in [-0.15, -0.1) is 0 Å². The molecule has 1 fully saturated rings. The highest BCUT2D eigenvalue weighted by Gasteiger charge is 2.32. The van der Waals surface area contributed by atoms with Crippen molar-refractivity contribution >= 4 is 40.3 Å². The standard InChI is InChI=1S/C32H31N3O2S2/c1-22(2)16-17-37-28-15-14-25(18-23(28)3)30-26(21-35(33-30)27-12-8-5-9-13-27)19-29-31(36)34(32(38)39-29)20-24-10-6-4-7-11-24/h4-15,18-19,21-22H,16-17,20H2,1-3H3/b29-19-. The third kappa shape index (κ3) is 6.32. The Morgan fingerprint density at radius 3 is 2.44 bits per heavy atom. The van der Waals surface area contributed by atoms with Crippen LogP contribution in [0.1, 0.15) is 37.0 Å². The number of nitrogens with zero attached hydrogens (tertiary/aromatic N) is 3. The van der Waals surface area contributed by atoms with Crippen molar-refractivity contribution in [2.75, 3.05) is 6.61 Å². The molecule has 0 saturated carbocycles. The maximum absolute atomic E-state index is 13.4. The Morgan fingerprint density at radius 2 is 1.74 bits per heavy atom. The third-order valence-electron chi connectivity index (χ3n) is 6.51. The third-order valence-corrected chi connectivity index (χ3v) is 7.89. The van der Waals surface area contributed by atoms with E-state index in [2.05, 4.69) is 26.8 Å². The minimum atomic E-state index is -0.0858. The van der Waals surface area contributed by atoms with Gasteiger partial charge in [0.2, 0.25) is 0 Å². The molecular weight excluding hydrogens is 523 g/mol. The zero-order chi connectivity index (χ0) is 27.4. The van der Waals surface area contributed by atoms with Crippen molar-refractivity contribution < 1.29 is 9.53 Å². The zero-order valence-electron chi connectivity index (χ0n) is 22.3. The number of ether oxygens (including phenoxy) is 1. The molecular formula is C32H31N3O2S2. The Morgan fingerprint density at radius 1 is 1.03 bits per heavy atom. The van der Waals surface area contributed by atoms with E-state index in [-0.39, 0.29) is 5.91 Å². The second-order valence-corrected chi connectivity index (χ2v) is 11.7. The average Bonchev–Trinajstić information content (AvgIpc) is 3.47. The second-order valence-electron chi connectivity index (χ2n) is 9.98. The van der Waals surface area contributed by atoms with Crippen LogP contribution in [0.2, 0.25) is 0 Å². The highest BCUT2D eigenvalue weighted by atomic mass is 32.2. The van der Waals surface area contributed by atoms with Crippen LogP contribution in [0.15, 0.2) is 90.0 Å². The number of hydrogen-bond acceptors (Lipinski definition) is 5. The van der Waals surface area contributed by atoms with E-state index in [1.165, 1.54) is 11.8 Å². The molecule has 0 atom stereocenters. The molecule has 2 heterocycles. The van der Waals surface area contributed by atoms with Crippen LogP contribution in [0, 0.1) is 12.8 Å². The van der Waals surface area contributed by atoms with Crippen molar-refractivity contribution in [1.29, 1.82) is 0 Å². The van der Waals surface area contributed by atoms with Gasteiger partial charge in [-0.05, 0) is 66.8 Å². The summed E-state index contributed by atoms with van der Waals surface area (Å²) in [6.07, 6.45) is 4.89. The van der Waals surface area contributed by atoms with Gasteiger partial charge in [0.25, 0.3) is 5.91 Å². The Kier molecular flexibility index (Phi) is 8.29. The number of thiocarbonyl (C=S) groups is 1. The van der Waals surface area contributed by atoms with E-state index in [0.29, 0.717) is 28.3 Å². The molecule has 3 aromatic carbocycles. The Labute approximate surface area is 239 Å². The first-order valence-corrected chi connectivity index (χ1v) is 14.3. The summed E-state index contributed by atoms with van der Waals surface area (Å²) < 4.78 is 8.45. The largest absolute Gasteiger partial charge is 0.493 e. The predicted octanol–water partition coefficient (Wildman–Crippen LogP) is 7.67. The quantitative estimate of drug-likeness (QED) is 0.157. The van der Waals surface area contributed by atoms with Gasteiger partial charge in [0.15, 0.2) is 0 Å². The molecule has 1 aliphatic heterocycles. The van der Waals surface area contributed by atoms with Crippen molar-refractivity contribution in [2.24, 2.45) is 5.92 Å². The van der Waals surface area contributed by atoms with Crippen LogP contribution in [0.25, 0.3) is 23.0 Å². The van der Waals surface area contributed by atoms with Crippen LogP contribution in [-0.4, -0.2) is 31.5 Å². The lowest BCUT2D eigenvalue weighted by molar-refractivity contribution is -0.122. The monoisotopic (exact) mass is 553 g/mol. The number of para-hydroxylation sites is 1. The lowest BCUT2D eigenvalue weighted by Gasteiger charge is -2.14. The van der Waals surface area contributed by atoms with Gasteiger partial charge in [-0.2, -0.15) is 5.10 Å². The van der Waals surface area contributed by atoms with E-state index in [1.807, 2.05) is 89.8 Å². The Bertz CT molecular complexity index is 1510. The molecule has 0 radical (unpaired) electrons. The molecule has 1 saturated heterocycles. The van der Waals surface area contributed by atoms with Crippen LogP contribution in [0.5, 0.6) is 5.75 Å². The Hall–Kier alpha value is -3.68. The first kappa shape index (κ1) is 26.9. The number of aromatic nitrogens is 2. The molecule has 0 aliphatic carbocycles. The first-order chi connectivity index (χ1) is 18.9. The minimum Gasteiger partial charge on any atom is -0.493 e. The first-order valence-electron chi connectivity index (χ1n) is 13.1. The number of rotatable bonds is 9. The predicted molar refractivity (Wildman–Crippen MR) is 164 cm³/mol. The molecule has 1 amide bonds. The minimum absolute atomic E-state index is 0.0858. The Balaban J connectivity index is 1.48. The molecule has 5 rings (SSSR count). The molecule has 0 bridgehead atoms. The maximum Gasteiger partial charge on any atom is 0.266 e. The molecule has 5 nitrogen and oxygen atoms in total. The number of amides is 1. The summed E-state index contributed by atoms with van der Waals surface area (Å²) in [5, 5.41) is 4.94. The van der Waals surface area contributed by atoms with Crippen molar-refractivity contribution in [1.82, 2.24) is 14.7 Å². The highest BCUT2D eigenvalue weighted by Crippen LogP contribution is 2.36. The van der Waals surface area contributed by atoms with Gasteiger partial charge < -0.3 is 4.74 Å². The zero-order valence-corrected chi connectivity index (χ0v) is 24.0. The summed E-state index contributed by atoms with van der Waals surface area (Å²) in [4.78, 5) is 15.7. The number of hydrogen-bond donors (Lipinski definition) is 0. The molecule has 7 heteroatoms. The van der Waals surface area contributed by atoms with Crippen LogP contribution in [0.3, 0.4) is 0 Å². The van der Waals surface area contributed by atoms with E-state index in [0.717, 1.165) is 45.8 Å². The number of thioether (sulfide) groups is 1. The van der Waals surface area contributed by atoms with Crippen molar-refractivity contribution in [2.45, 2.75) is 33.7 Å². The summed E-state index contributed by atoms with van der Waals surface area (Å²) in [5.74, 6) is 1.39. The van der Waals surface area contributed by atoms with Gasteiger partial charge in [0, 0.05) is 17.3 Å². The lowest BCUT2D eigenvalue weighted by atomic mass is 10.0. The molecule has 1 aromatic heterocycles. The fourth-order valence-electron chi connectivity index (χ4n) is 4.34. The van der Waals surface area contributed by atoms with Gasteiger partial charge >= 0.3 is 0 Å². The number of benzene rings is 3. The molecule has 4 aromatic rings. The summed E-state index contributed by atoms with van der Waals surface area (Å²) in [5.41, 5.74) is 5.64. The number of carbonyl (C=O) groups is 1. The smallest absolute Gasteiger partial charge is 0.266 e. The average molecular weight is 554 g/mol. The molecule has 39 heavy (non-hydrogen) atoms. The maximum atomic E-state index is 13.4. The van der Waals surface area contributed by atoms with Gasteiger partial charge in [-0.25, -0.2) is 4.68 Å². The van der Waals surface area contributed by atoms with E-state index < -0.39 is 0 Å². The van der Waals surface area contributed by atoms with E-state index >= 15 is 0 Å². The van der Waals surface area contributed by atoms with Gasteiger partial charge in [-0.1, -0.05) is 86.4 Å². The van der Waals surface area contributed by atoms with Gasteiger partial charge in [-0.3, -0.25) is 9.69 Å². The molecule has 1 aliphatic rings. The van der Waals surface area contributed by atoms with Gasteiger partial charge in [0.1, 0.15) is 15.8 Å². The van der Waals surface area contributed by atoms with Crippen LogP contribution in [0.4, 0.5) is 0 Å². The topological polar surface area (TPSA) is 47.4 Å². The summed E-state index contributed by atoms with van der Waals surface area (Å²) in [7, 11) is 0. The van der Waals surface area contributed by atoms with E-state index in [9.17, 15) is 4.79 Å². The summed E-state index contributed by atoms with van der Waals surface area (Å²) >= 11 is 6.93. The molecule has 0 unspecified atom stereocenters. The summed E-state index contributed by atoms with van der Waals surface area (Å²) in [6, 6.07) is 26.0. The normalized spacial score (nSPS) is 14.6. The SMILES string of the molecule is Cc1cc(-c2nn(-c3ccccc3)cc2/C=C2\SC(=S)N(Cc3ccccc3)C2=O)ccc1OCCC(C)C. The van der Waals surface area contributed by atoms with Crippen LogP contribution >= 0.6 is 24.0 Å². The number of aryl methyl sites for hydroxylation is 1. The van der Waals surface area contributed by atoms with Crippen molar-refractivity contribution in [3.63, 3.8) is 0 Å². The molecule has 0 spiro atoms. The van der Waals surface area contributed by atoms with E-state index in [1.54, 1.807) is 4.90 Å².